The van der Waals surface area contributed by atoms with Crippen LogP contribution in [0, 0.1) is 0 Å². The molecule has 0 spiro atoms. The summed E-state index contributed by atoms with van der Waals surface area (Å²) < 4.78 is 18.2. The Morgan fingerprint density at radius 1 is 1.09 bits per heavy atom. The highest BCUT2D eigenvalue weighted by Gasteiger charge is 2.16. The summed E-state index contributed by atoms with van der Waals surface area (Å²) in [5.74, 6) is 0.678. The molecule has 0 aliphatic carbocycles. The molecule has 0 radical (unpaired) electrons. The molecule has 13 heteroatoms. The van der Waals surface area contributed by atoms with E-state index in [1.807, 2.05) is 35.8 Å². The van der Waals surface area contributed by atoms with Crippen LogP contribution in [0.15, 0.2) is 63.2 Å². The Morgan fingerprint density at radius 3 is 2.50 bits per heavy atom. The van der Waals surface area contributed by atoms with Gasteiger partial charge in [0.2, 0.25) is 11.0 Å². The Morgan fingerprint density at radius 2 is 1.82 bits per heavy atom. The first-order valence-corrected chi connectivity index (χ1v) is 13.9. The minimum Gasteiger partial charge on any atom is -0.302 e. The van der Waals surface area contributed by atoms with Crippen molar-refractivity contribution in [2.75, 3.05) is 24.4 Å². The lowest BCUT2D eigenvalue weighted by molar-refractivity contribution is -0.113. The van der Waals surface area contributed by atoms with Crippen molar-refractivity contribution in [3.8, 4) is 22.0 Å². The molecule has 1 atom stereocenters. The fraction of sp³-hybridized carbons (Fsp3) is 0.238. The SMILES string of the molecule is CCn1c(SCC(=O)Nc2nnc(-c3ccc(S(C)(=O)=NC)cc3)s2)nnc1-c1ccncc1. The average Bonchev–Trinajstić information content (AvgIpc) is 3.50. The van der Waals surface area contributed by atoms with Gasteiger partial charge in [-0.05, 0) is 31.2 Å². The minimum atomic E-state index is -2.39. The van der Waals surface area contributed by atoms with Crippen molar-refractivity contribution in [2.24, 2.45) is 4.36 Å². The average molecular weight is 515 g/mol. The van der Waals surface area contributed by atoms with Crippen LogP contribution < -0.4 is 5.32 Å². The Hall–Kier alpha value is -3.16. The van der Waals surface area contributed by atoms with E-state index in [9.17, 15) is 9.00 Å². The number of aromatic nitrogens is 6. The van der Waals surface area contributed by atoms with Gasteiger partial charge < -0.3 is 4.57 Å². The highest BCUT2D eigenvalue weighted by atomic mass is 32.2. The zero-order valence-corrected chi connectivity index (χ0v) is 21.2. The van der Waals surface area contributed by atoms with E-state index in [1.54, 1.807) is 37.8 Å². The maximum Gasteiger partial charge on any atom is 0.236 e. The van der Waals surface area contributed by atoms with Gasteiger partial charge in [0.15, 0.2) is 11.0 Å². The first-order valence-electron chi connectivity index (χ1n) is 10.2. The van der Waals surface area contributed by atoms with Gasteiger partial charge in [-0.3, -0.25) is 15.1 Å². The molecule has 0 saturated carbocycles. The molecule has 34 heavy (non-hydrogen) atoms. The number of rotatable bonds is 8. The van der Waals surface area contributed by atoms with Gasteiger partial charge in [0, 0.05) is 48.3 Å². The van der Waals surface area contributed by atoms with Crippen LogP contribution in [0.5, 0.6) is 0 Å². The van der Waals surface area contributed by atoms with Crippen LogP contribution in [-0.4, -0.2) is 59.1 Å². The van der Waals surface area contributed by atoms with Crippen LogP contribution in [0.2, 0.25) is 0 Å². The summed E-state index contributed by atoms with van der Waals surface area (Å²) in [6.45, 7) is 2.68. The van der Waals surface area contributed by atoms with Crippen molar-refractivity contribution >= 4 is 43.9 Å². The van der Waals surface area contributed by atoms with Gasteiger partial charge in [-0.15, -0.1) is 20.4 Å². The molecule has 0 aliphatic rings. The zero-order chi connectivity index (χ0) is 24.1. The van der Waals surface area contributed by atoms with E-state index in [0.29, 0.717) is 26.7 Å². The lowest BCUT2D eigenvalue weighted by Crippen LogP contribution is -2.14. The van der Waals surface area contributed by atoms with Gasteiger partial charge in [-0.2, -0.15) is 0 Å². The van der Waals surface area contributed by atoms with E-state index in [0.717, 1.165) is 17.0 Å². The second-order valence-electron chi connectivity index (χ2n) is 7.05. The number of amides is 1. The third-order valence-electron chi connectivity index (χ3n) is 4.86. The summed E-state index contributed by atoms with van der Waals surface area (Å²) in [6, 6.07) is 10.9. The number of anilines is 1. The number of carbonyl (C=O) groups is 1. The number of carbonyl (C=O) groups excluding carboxylic acids is 1. The molecule has 0 bridgehead atoms. The van der Waals surface area contributed by atoms with Crippen LogP contribution in [0.25, 0.3) is 22.0 Å². The Kier molecular flexibility index (Phi) is 7.34. The van der Waals surface area contributed by atoms with Crippen molar-refractivity contribution in [2.45, 2.75) is 23.5 Å². The highest BCUT2D eigenvalue weighted by molar-refractivity contribution is 7.99. The fourth-order valence-electron chi connectivity index (χ4n) is 3.03. The van der Waals surface area contributed by atoms with Gasteiger partial charge in [-0.25, -0.2) is 8.57 Å². The monoisotopic (exact) mass is 514 g/mol. The Bertz CT molecular complexity index is 1410. The Labute approximate surface area is 205 Å². The number of nitrogens with one attached hydrogen (secondary N) is 1. The summed E-state index contributed by atoms with van der Waals surface area (Å²) in [4.78, 5) is 17.2. The summed E-state index contributed by atoms with van der Waals surface area (Å²) in [6.07, 6.45) is 5.01. The van der Waals surface area contributed by atoms with Crippen LogP contribution >= 0.6 is 23.1 Å². The van der Waals surface area contributed by atoms with Crippen molar-refractivity contribution in [1.29, 1.82) is 0 Å². The van der Waals surface area contributed by atoms with Gasteiger partial charge in [0.25, 0.3) is 0 Å². The molecule has 3 heterocycles. The third-order valence-corrected chi connectivity index (χ3v) is 8.56. The summed E-state index contributed by atoms with van der Waals surface area (Å²) in [5.41, 5.74) is 1.74. The van der Waals surface area contributed by atoms with Crippen LogP contribution in [0.4, 0.5) is 5.13 Å². The van der Waals surface area contributed by atoms with Gasteiger partial charge >= 0.3 is 0 Å². The summed E-state index contributed by atoms with van der Waals surface area (Å²) in [5, 5.41) is 21.2. The van der Waals surface area contributed by atoms with Crippen LogP contribution in [-0.2, 0) is 21.1 Å². The quantitative estimate of drug-likeness (QED) is 0.353. The van der Waals surface area contributed by atoms with E-state index >= 15 is 0 Å². The molecule has 1 amide bonds. The standard InChI is InChI=1S/C21H22N8O2S3/c1-4-29-18(14-9-11-23-12-10-14)25-28-21(29)32-13-17(30)24-20-27-26-19(33-20)15-5-7-16(8-6-15)34(3,31)22-2/h5-12H,4,13H2,1-3H3,(H,24,27,30). The normalized spacial score (nSPS) is 12.8. The number of hydrogen-bond donors (Lipinski definition) is 1. The van der Waals surface area contributed by atoms with Crippen molar-refractivity contribution < 1.29 is 9.00 Å². The molecule has 4 rings (SSSR count). The topological polar surface area (TPSA) is 128 Å². The molecule has 3 aromatic heterocycles. The molecule has 0 fully saturated rings. The van der Waals surface area contributed by atoms with E-state index in [-0.39, 0.29) is 11.7 Å². The molecule has 4 aromatic rings. The van der Waals surface area contributed by atoms with Crippen molar-refractivity contribution in [3.05, 3.63) is 48.8 Å². The lowest BCUT2D eigenvalue weighted by Gasteiger charge is -2.07. The fourth-order valence-corrected chi connectivity index (χ4v) is 5.45. The number of hydrogen-bond acceptors (Lipinski definition) is 10. The third kappa shape index (κ3) is 5.32. The molecule has 1 aromatic carbocycles. The number of benzene rings is 1. The van der Waals surface area contributed by atoms with Gasteiger partial charge in [0.1, 0.15) is 5.01 Å². The molecular formula is C21H22N8O2S3. The highest BCUT2D eigenvalue weighted by Crippen LogP contribution is 2.28. The van der Waals surface area contributed by atoms with Gasteiger partial charge in [0.05, 0.1) is 15.5 Å². The predicted molar refractivity (Wildman–Crippen MR) is 134 cm³/mol. The molecule has 1 unspecified atom stereocenters. The maximum atomic E-state index is 12.5. The number of nitrogens with zero attached hydrogens (tertiary/aromatic N) is 7. The number of pyridine rings is 1. The van der Waals surface area contributed by atoms with E-state index in [4.69, 9.17) is 0 Å². The number of thioether (sulfide) groups is 1. The molecule has 10 nitrogen and oxygen atoms in total. The summed E-state index contributed by atoms with van der Waals surface area (Å²) >= 11 is 2.57. The Balaban J connectivity index is 1.39. The van der Waals surface area contributed by atoms with Crippen molar-refractivity contribution in [1.82, 2.24) is 29.9 Å². The summed E-state index contributed by atoms with van der Waals surface area (Å²) in [7, 11) is -0.846. The second kappa shape index (κ2) is 10.4. The van der Waals surface area contributed by atoms with E-state index < -0.39 is 9.73 Å². The first-order chi connectivity index (χ1) is 16.4. The molecule has 0 aliphatic heterocycles. The van der Waals surface area contributed by atoms with E-state index in [2.05, 4.69) is 35.1 Å². The maximum absolute atomic E-state index is 12.5. The van der Waals surface area contributed by atoms with Crippen LogP contribution in [0.1, 0.15) is 6.92 Å². The van der Waals surface area contributed by atoms with Crippen LogP contribution in [0.3, 0.4) is 0 Å². The second-order valence-corrected chi connectivity index (χ2v) is 11.4. The minimum absolute atomic E-state index is 0.156. The molecular weight excluding hydrogens is 492 g/mol. The first kappa shape index (κ1) is 24.0. The smallest absolute Gasteiger partial charge is 0.236 e. The molecule has 1 N–H and O–H groups in total. The molecule has 0 saturated heterocycles. The lowest BCUT2D eigenvalue weighted by atomic mass is 10.2. The van der Waals surface area contributed by atoms with E-state index in [1.165, 1.54) is 23.1 Å². The van der Waals surface area contributed by atoms with Gasteiger partial charge in [-0.1, -0.05) is 35.2 Å². The molecule has 176 valence electrons. The predicted octanol–water partition coefficient (Wildman–Crippen LogP) is 3.70. The van der Waals surface area contributed by atoms with Crippen molar-refractivity contribution in [3.63, 3.8) is 0 Å². The largest absolute Gasteiger partial charge is 0.302 e. The zero-order valence-electron chi connectivity index (χ0n) is 18.7.